The normalized spacial score (nSPS) is 23.8. The lowest BCUT2D eigenvalue weighted by Crippen LogP contribution is -2.53. The number of likely N-dealkylation sites (tertiary alicyclic amines) is 1. The van der Waals surface area contributed by atoms with Crippen LogP contribution in [0.2, 0.25) is 0 Å². The Morgan fingerprint density at radius 3 is 2.85 bits per heavy atom. The molecule has 3 aromatic rings. The lowest BCUT2D eigenvalue weighted by atomic mass is 9.90. The predicted molar refractivity (Wildman–Crippen MR) is 102 cm³/mol. The van der Waals surface area contributed by atoms with E-state index in [1.54, 1.807) is 0 Å². The third-order valence-corrected chi connectivity index (χ3v) is 6.13. The first kappa shape index (κ1) is 16.6. The van der Waals surface area contributed by atoms with Crippen LogP contribution in [0, 0.1) is 5.92 Å². The Balaban J connectivity index is 1.21. The van der Waals surface area contributed by atoms with Crippen LogP contribution in [0.5, 0.6) is 0 Å². The fraction of sp³-hybridized carbons (Fsp3) is 0.526. The molecule has 4 heterocycles. The van der Waals surface area contributed by atoms with Crippen molar-refractivity contribution in [3.8, 4) is 0 Å². The number of aromatic nitrogens is 4. The third-order valence-electron chi connectivity index (χ3n) is 6.13. The molecule has 27 heavy (non-hydrogen) atoms. The molecule has 1 saturated carbocycles. The third kappa shape index (κ3) is 2.93. The van der Waals surface area contributed by atoms with Gasteiger partial charge in [-0.15, -0.1) is 0 Å². The second-order valence-corrected chi connectivity index (χ2v) is 7.85. The zero-order valence-corrected chi connectivity index (χ0v) is 15.1. The van der Waals surface area contributed by atoms with E-state index in [4.69, 9.17) is 5.11 Å². The summed E-state index contributed by atoms with van der Waals surface area (Å²) in [4.78, 5) is 24.5. The van der Waals surface area contributed by atoms with Gasteiger partial charge in [0.15, 0.2) is 0 Å². The molecule has 2 fully saturated rings. The maximum Gasteiger partial charge on any atom is 0.407 e. The quantitative estimate of drug-likeness (QED) is 0.657. The van der Waals surface area contributed by atoms with Crippen molar-refractivity contribution in [3.63, 3.8) is 0 Å². The minimum absolute atomic E-state index is 0.464. The van der Waals surface area contributed by atoms with Gasteiger partial charge >= 0.3 is 6.09 Å². The molecule has 8 nitrogen and oxygen atoms in total. The maximum absolute atomic E-state index is 10.8. The predicted octanol–water partition coefficient (Wildman–Crippen LogP) is 2.60. The molecule has 2 aliphatic rings. The van der Waals surface area contributed by atoms with Gasteiger partial charge in [-0.1, -0.05) is 0 Å². The number of carboxylic acid groups (broad SMARTS) is 1. The molecule has 5 rings (SSSR count). The minimum Gasteiger partial charge on any atom is -0.465 e. The van der Waals surface area contributed by atoms with Crippen molar-refractivity contribution in [2.45, 2.75) is 37.8 Å². The standard InChI is InChI=1S/C19H24N6O2/c26-19(27)24-9-12(10-24)7-21-13-1-3-14(4-2-13)25-11-23-16-8-22-18-15(17(16)25)5-6-20-18/h5-6,8,11-14,21H,1-4,7,9-10H2,(H,20,22)(H,26,27). The second-order valence-electron chi connectivity index (χ2n) is 7.85. The highest BCUT2D eigenvalue weighted by atomic mass is 16.4. The van der Waals surface area contributed by atoms with Crippen LogP contribution in [0.25, 0.3) is 22.1 Å². The number of pyridine rings is 1. The molecule has 8 heteroatoms. The van der Waals surface area contributed by atoms with Crippen molar-refractivity contribution < 1.29 is 9.90 Å². The molecule has 0 spiro atoms. The van der Waals surface area contributed by atoms with Gasteiger partial charge < -0.3 is 24.9 Å². The van der Waals surface area contributed by atoms with Gasteiger partial charge in [0.25, 0.3) is 0 Å². The number of nitrogens with zero attached hydrogens (tertiary/aromatic N) is 4. The van der Waals surface area contributed by atoms with Gasteiger partial charge in [-0.05, 0) is 31.7 Å². The number of fused-ring (bicyclic) bond motifs is 3. The number of amides is 1. The average molecular weight is 368 g/mol. The molecule has 0 atom stereocenters. The Morgan fingerprint density at radius 1 is 1.26 bits per heavy atom. The van der Waals surface area contributed by atoms with Crippen LogP contribution in [0.4, 0.5) is 4.79 Å². The van der Waals surface area contributed by atoms with Gasteiger partial charge in [0.2, 0.25) is 0 Å². The van der Waals surface area contributed by atoms with Crippen molar-refractivity contribution in [2.75, 3.05) is 19.6 Å². The molecular weight excluding hydrogens is 344 g/mol. The number of aromatic amines is 1. The van der Waals surface area contributed by atoms with E-state index in [2.05, 4.69) is 30.9 Å². The van der Waals surface area contributed by atoms with Gasteiger partial charge in [-0.2, -0.15) is 0 Å². The van der Waals surface area contributed by atoms with E-state index >= 15 is 0 Å². The first-order valence-corrected chi connectivity index (χ1v) is 9.69. The summed E-state index contributed by atoms with van der Waals surface area (Å²) in [5, 5.41) is 13.7. The molecule has 3 N–H and O–H groups in total. The lowest BCUT2D eigenvalue weighted by molar-refractivity contribution is 0.0793. The van der Waals surface area contributed by atoms with Crippen molar-refractivity contribution in [2.24, 2.45) is 5.92 Å². The molecule has 0 unspecified atom stereocenters. The van der Waals surface area contributed by atoms with E-state index in [1.165, 1.54) is 10.4 Å². The summed E-state index contributed by atoms with van der Waals surface area (Å²) >= 11 is 0. The number of hydrogen-bond acceptors (Lipinski definition) is 4. The van der Waals surface area contributed by atoms with E-state index in [0.717, 1.165) is 48.8 Å². The van der Waals surface area contributed by atoms with Gasteiger partial charge in [-0.25, -0.2) is 14.8 Å². The van der Waals surface area contributed by atoms with Crippen molar-refractivity contribution in [1.29, 1.82) is 0 Å². The molecule has 1 amide bonds. The van der Waals surface area contributed by atoms with Crippen molar-refractivity contribution >= 4 is 28.2 Å². The van der Waals surface area contributed by atoms with Crippen LogP contribution in [0.15, 0.2) is 24.8 Å². The molecule has 1 saturated heterocycles. The summed E-state index contributed by atoms with van der Waals surface area (Å²) in [6.45, 7) is 2.25. The van der Waals surface area contributed by atoms with Crippen molar-refractivity contribution in [3.05, 3.63) is 24.8 Å². The Kier molecular flexibility index (Phi) is 4.00. The minimum atomic E-state index is -0.800. The van der Waals surface area contributed by atoms with Crippen LogP contribution >= 0.6 is 0 Å². The fourth-order valence-corrected chi connectivity index (χ4v) is 4.55. The number of nitrogens with one attached hydrogen (secondary N) is 2. The van der Waals surface area contributed by atoms with Crippen LogP contribution in [-0.4, -0.2) is 61.3 Å². The maximum atomic E-state index is 10.8. The first-order chi connectivity index (χ1) is 13.2. The van der Waals surface area contributed by atoms with Crippen LogP contribution < -0.4 is 5.32 Å². The summed E-state index contributed by atoms with van der Waals surface area (Å²) in [5.41, 5.74) is 3.05. The zero-order valence-electron chi connectivity index (χ0n) is 15.1. The average Bonchev–Trinajstić information content (AvgIpc) is 3.26. The Morgan fingerprint density at radius 2 is 2.07 bits per heavy atom. The number of imidazole rings is 1. The number of rotatable bonds is 4. The van der Waals surface area contributed by atoms with Crippen molar-refractivity contribution in [1.82, 2.24) is 29.7 Å². The highest BCUT2D eigenvalue weighted by molar-refractivity contribution is 6.00. The Bertz CT molecular complexity index is 965. The molecule has 0 aromatic carbocycles. The summed E-state index contributed by atoms with van der Waals surface area (Å²) in [5.74, 6) is 0.464. The van der Waals surface area contributed by atoms with E-state index in [-0.39, 0.29) is 0 Å². The summed E-state index contributed by atoms with van der Waals surface area (Å²) in [7, 11) is 0. The van der Waals surface area contributed by atoms with Gasteiger partial charge in [0, 0.05) is 49.2 Å². The Hall–Kier alpha value is -2.61. The van der Waals surface area contributed by atoms with Gasteiger partial charge in [0.05, 0.1) is 18.0 Å². The fourth-order valence-electron chi connectivity index (χ4n) is 4.55. The van der Waals surface area contributed by atoms with E-state index in [1.807, 2.05) is 18.7 Å². The lowest BCUT2D eigenvalue weighted by Gasteiger charge is -2.38. The molecular formula is C19H24N6O2. The second kappa shape index (κ2) is 6.53. The van der Waals surface area contributed by atoms with Gasteiger partial charge in [0.1, 0.15) is 11.2 Å². The largest absolute Gasteiger partial charge is 0.465 e. The zero-order chi connectivity index (χ0) is 18.4. The number of H-pyrrole nitrogens is 1. The van der Waals surface area contributed by atoms with E-state index < -0.39 is 6.09 Å². The Labute approximate surface area is 156 Å². The number of carbonyl (C=O) groups is 1. The smallest absolute Gasteiger partial charge is 0.407 e. The number of hydrogen-bond donors (Lipinski definition) is 3. The SMILES string of the molecule is O=C(O)N1CC(CNC2CCC(n3cnc4cnc5[nH]ccc5c43)CC2)C1. The summed E-state index contributed by atoms with van der Waals surface area (Å²) in [6, 6.07) is 3.08. The van der Waals surface area contributed by atoms with E-state index in [9.17, 15) is 4.79 Å². The molecule has 1 aliphatic heterocycles. The molecule has 142 valence electrons. The summed E-state index contributed by atoms with van der Waals surface area (Å²) in [6.07, 6.45) is 9.48. The van der Waals surface area contributed by atoms with Crippen LogP contribution in [0.3, 0.4) is 0 Å². The molecule has 1 aliphatic carbocycles. The van der Waals surface area contributed by atoms with E-state index in [0.29, 0.717) is 31.1 Å². The topological polar surface area (TPSA) is 99.1 Å². The van der Waals surface area contributed by atoms with Gasteiger partial charge in [-0.3, -0.25) is 0 Å². The van der Waals surface area contributed by atoms with Crippen LogP contribution in [0.1, 0.15) is 31.7 Å². The summed E-state index contributed by atoms with van der Waals surface area (Å²) < 4.78 is 2.33. The highest BCUT2D eigenvalue weighted by Crippen LogP contribution is 2.33. The monoisotopic (exact) mass is 368 g/mol. The first-order valence-electron chi connectivity index (χ1n) is 9.69. The van der Waals surface area contributed by atoms with Crippen LogP contribution in [-0.2, 0) is 0 Å². The molecule has 0 radical (unpaired) electrons. The molecule has 3 aromatic heterocycles. The molecule has 0 bridgehead atoms. The highest BCUT2D eigenvalue weighted by Gasteiger charge is 2.31.